The van der Waals surface area contributed by atoms with E-state index in [9.17, 15) is 14.4 Å². The summed E-state index contributed by atoms with van der Waals surface area (Å²) >= 11 is 1.14. The van der Waals surface area contributed by atoms with Crippen LogP contribution in [0.1, 0.15) is 19.5 Å². The van der Waals surface area contributed by atoms with Gasteiger partial charge in [0.15, 0.2) is 5.16 Å². The highest BCUT2D eigenvalue weighted by atomic mass is 32.2. The number of morpholine rings is 1. The Bertz CT molecular complexity index is 653. The Labute approximate surface area is 143 Å². The second kappa shape index (κ2) is 8.29. The maximum atomic E-state index is 12.3. The van der Waals surface area contributed by atoms with Gasteiger partial charge in [-0.3, -0.25) is 14.4 Å². The van der Waals surface area contributed by atoms with E-state index in [-0.39, 0.29) is 35.8 Å². The van der Waals surface area contributed by atoms with E-state index < -0.39 is 5.97 Å². The Morgan fingerprint density at radius 2 is 2.08 bits per heavy atom. The number of nitrogens with one attached hydrogen (secondary N) is 1. The van der Waals surface area contributed by atoms with Crippen molar-refractivity contribution >= 4 is 23.6 Å². The van der Waals surface area contributed by atoms with Crippen molar-refractivity contribution in [1.29, 1.82) is 0 Å². The Morgan fingerprint density at radius 1 is 1.42 bits per heavy atom. The molecule has 1 amide bonds. The Kier molecular flexibility index (Phi) is 6.38. The second-order valence-corrected chi connectivity index (χ2v) is 6.60. The zero-order valence-electron chi connectivity index (χ0n) is 13.9. The van der Waals surface area contributed by atoms with Crippen LogP contribution < -0.4 is 5.56 Å². The molecule has 0 saturated carbocycles. The van der Waals surface area contributed by atoms with E-state index in [0.29, 0.717) is 23.9 Å². The summed E-state index contributed by atoms with van der Waals surface area (Å²) in [4.78, 5) is 43.7. The number of hydrogen-bond donors (Lipinski definition) is 1. The summed E-state index contributed by atoms with van der Waals surface area (Å²) in [5.74, 6) is -0.358. The number of ether oxygens (including phenoxy) is 2. The van der Waals surface area contributed by atoms with Crippen molar-refractivity contribution in [3.05, 3.63) is 22.1 Å². The van der Waals surface area contributed by atoms with Crippen molar-refractivity contribution in [3.8, 4) is 0 Å². The van der Waals surface area contributed by atoms with Gasteiger partial charge in [0, 0.05) is 19.2 Å². The lowest BCUT2D eigenvalue weighted by Crippen LogP contribution is -2.48. The topological polar surface area (TPSA) is 102 Å². The van der Waals surface area contributed by atoms with Gasteiger partial charge in [0.2, 0.25) is 5.91 Å². The van der Waals surface area contributed by atoms with E-state index in [1.54, 1.807) is 4.90 Å². The van der Waals surface area contributed by atoms with E-state index in [0.717, 1.165) is 11.8 Å². The van der Waals surface area contributed by atoms with Gasteiger partial charge in [-0.1, -0.05) is 11.8 Å². The lowest BCUT2D eigenvalue weighted by molar-refractivity contribution is -0.140. The zero-order valence-corrected chi connectivity index (χ0v) is 14.7. The van der Waals surface area contributed by atoms with Crippen LogP contribution in [0.2, 0.25) is 0 Å². The standard InChI is InChI=1S/C15H21N3O5S/c1-9-6-18(7-10(2)23-9)13(20)8-24-15-16-11(4-12(19)17-15)5-14(21)22-3/h4,9-10H,5-8H2,1-3H3,(H,16,17,19)/t9-,10-/m1/s1. The summed E-state index contributed by atoms with van der Waals surface area (Å²) < 4.78 is 10.2. The Hall–Kier alpha value is -1.87. The molecule has 0 spiro atoms. The first-order valence-electron chi connectivity index (χ1n) is 7.60. The van der Waals surface area contributed by atoms with Gasteiger partial charge in [-0.25, -0.2) is 4.98 Å². The molecule has 2 rings (SSSR count). The number of thioether (sulfide) groups is 1. The molecule has 1 aliphatic rings. The van der Waals surface area contributed by atoms with Gasteiger partial charge < -0.3 is 19.4 Å². The van der Waals surface area contributed by atoms with Crippen molar-refractivity contribution in [1.82, 2.24) is 14.9 Å². The van der Waals surface area contributed by atoms with Gasteiger partial charge in [0.25, 0.3) is 5.56 Å². The summed E-state index contributed by atoms with van der Waals surface area (Å²) in [6.45, 7) is 4.96. The monoisotopic (exact) mass is 355 g/mol. The molecular formula is C15H21N3O5S. The minimum atomic E-state index is -0.476. The quantitative estimate of drug-likeness (QED) is 0.458. The van der Waals surface area contributed by atoms with Crippen LogP contribution in [0.15, 0.2) is 16.0 Å². The van der Waals surface area contributed by atoms with Crippen LogP contribution in [0.4, 0.5) is 0 Å². The summed E-state index contributed by atoms with van der Waals surface area (Å²) in [7, 11) is 1.27. The smallest absolute Gasteiger partial charge is 0.311 e. The van der Waals surface area contributed by atoms with E-state index in [2.05, 4.69) is 14.7 Å². The number of esters is 1. The molecule has 1 saturated heterocycles. The van der Waals surface area contributed by atoms with Crippen LogP contribution in [-0.2, 0) is 25.5 Å². The molecule has 8 nitrogen and oxygen atoms in total. The van der Waals surface area contributed by atoms with Gasteiger partial charge >= 0.3 is 5.97 Å². The van der Waals surface area contributed by atoms with Crippen LogP contribution in [0.3, 0.4) is 0 Å². The molecule has 2 atom stereocenters. The number of aromatic amines is 1. The molecule has 0 unspecified atom stereocenters. The molecule has 0 bridgehead atoms. The molecule has 0 aromatic carbocycles. The van der Waals surface area contributed by atoms with E-state index in [1.165, 1.54) is 13.2 Å². The molecular weight excluding hydrogens is 334 g/mol. The first-order chi connectivity index (χ1) is 11.4. The maximum Gasteiger partial charge on any atom is 0.311 e. The number of methoxy groups -OCH3 is 1. The van der Waals surface area contributed by atoms with Crippen LogP contribution >= 0.6 is 11.8 Å². The fraction of sp³-hybridized carbons (Fsp3) is 0.600. The Balaban J connectivity index is 1.97. The van der Waals surface area contributed by atoms with Gasteiger partial charge in [0.05, 0.1) is 37.2 Å². The van der Waals surface area contributed by atoms with Crippen molar-refractivity contribution < 1.29 is 19.1 Å². The first kappa shape index (κ1) is 18.5. The number of carbonyl (C=O) groups excluding carboxylic acids is 2. The van der Waals surface area contributed by atoms with Crippen LogP contribution in [0.25, 0.3) is 0 Å². The third-order valence-electron chi connectivity index (χ3n) is 3.43. The normalized spacial score (nSPS) is 20.7. The highest BCUT2D eigenvalue weighted by molar-refractivity contribution is 7.99. The number of rotatable bonds is 5. The number of hydrogen-bond acceptors (Lipinski definition) is 7. The summed E-state index contributed by atoms with van der Waals surface area (Å²) in [5.41, 5.74) is -0.0540. The largest absolute Gasteiger partial charge is 0.469 e. The molecule has 24 heavy (non-hydrogen) atoms. The molecule has 1 aromatic rings. The third kappa shape index (κ3) is 5.34. The molecule has 1 N–H and O–H groups in total. The predicted molar refractivity (Wildman–Crippen MR) is 87.9 cm³/mol. The highest BCUT2D eigenvalue weighted by Crippen LogP contribution is 2.16. The number of aromatic nitrogens is 2. The van der Waals surface area contributed by atoms with Gasteiger partial charge in [-0.2, -0.15) is 0 Å². The lowest BCUT2D eigenvalue weighted by atomic mass is 10.2. The molecule has 0 radical (unpaired) electrons. The van der Waals surface area contributed by atoms with Crippen molar-refractivity contribution in [2.24, 2.45) is 0 Å². The average molecular weight is 355 g/mol. The lowest BCUT2D eigenvalue weighted by Gasteiger charge is -2.35. The number of amides is 1. The maximum absolute atomic E-state index is 12.3. The molecule has 1 aromatic heterocycles. The van der Waals surface area contributed by atoms with Crippen molar-refractivity contribution in [3.63, 3.8) is 0 Å². The molecule has 132 valence electrons. The third-order valence-corrected chi connectivity index (χ3v) is 4.29. The first-order valence-corrected chi connectivity index (χ1v) is 8.59. The zero-order chi connectivity index (χ0) is 17.7. The fourth-order valence-electron chi connectivity index (χ4n) is 2.47. The molecule has 0 aliphatic carbocycles. The number of carbonyl (C=O) groups is 2. The summed E-state index contributed by atoms with van der Waals surface area (Å²) in [6.07, 6.45) is -0.0755. The minimum Gasteiger partial charge on any atom is -0.469 e. The molecule has 9 heteroatoms. The number of H-pyrrole nitrogens is 1. The average Bonchev–Trinajstić information content (AvgIpc) is 2.51. The molecule has 2 heterocycles. The van der Waals surface area contributed by atoms with Crippen LogP contribution in [0.5, 0.6) is 0 Å². The summed E-state index contributed by atoms with van der Waals surface area (Å²) in [6, 6.07) is 1.24. The SMILES string of the molecule is COC(=O)Cc1cc(=O)[nH]c(SCC(=O)N2C[C@@H](C)O[C@H](C)C2)n1. The minimum absolute atomic E-state index is 0.00372. The van der Waals surface area contributed by atoms with Gasteiger partial charge in [0.1, 0.15) is 0 Å². The van der Waals surface area contributed by atoms with Gasteiger partial charge in [-0.05, 0) is 13.8 Å². The predicted octanol–water partition coefficient (Wildman–Crippen LogP) is 0.213. The Morgan fingerprint density at radius 3 is 2.71 bits per heavy atom. The van der Waals surface area contributed by atoms with Crippen molar-refractivity contribution in [2.75, 3.05) is 26.0 Å². The van der Waals surface area contributed by atoms with E-state index >= 15 is 0 Å². The second-order valence-electron chi connectivity index (χ2n) is 5.64. The number of nitrogens with zero attached hydrogens (tertiary/aromatic N) is 2. The van der Waals surface area contributed by atoms with Crippen LogP contribution in [0, 0.1) is 0 Å². The molecule has 1 fully saturated rings. The molecule has 1 aliphatic heterocycles. The van der Waals surface area contributed by atoms with E-state index in [4.69, 9.17) is 4.74 Å². The van der Waals surface area contributed by atoms with Crippen molar-refractivity contribution in [2.45, 2.75) is 37.6 Å². The van der Waals surface area contributed by atoms with E-state index in [1.807, 2.05) is 13.8 Å². The highest BCUT2D eigenvalue weighted by Gasteiger charge is 2.25. The van der Waals surface area contributed by atoms with Gasteiger partial charge in [-0.15, -0.1) is 0 Å². The van der Waals surface area contributed by atoms with Crippen LogP contribution in [-0.4, -0.2) is 64.9 Å². The summed E-state index contributed by atoms with van der Waals surface area (Å²) in [5, 5.41) is 0.309. The fourth-order valence-corrected chi connectivity index (χ4v) is 3.26.